The Morgan fingerprint density at radius 1 is 1.13 bits per heavy atom. The van der Waals surface area contributed by atoms with Crippen molar-refractivity contribution < 1.29 is 22.1 Å². The van der Waals surface area contributed by atoms with Gasteiger partial charge in [0.05, 0.1) is 0 Å². The number of allylic oxidation sites excluding steroid dienone is 4. The molecular weight excluding hydrogens is 414 g/mol. The highest BCUT2D eigenvalue weighted by Crippen LogP contribution is 2.42. The summed E-state index contributed by atoms with van der Waals surface area (Å²) in [5, 5.41) is 3.39. The lowest BCUT2D eigenvalue weighted by atomic mass is 9.81. The number of hydrogen-bond donors (Lipinski definition) is 1. The number of benzene rings is 1. The third-order valence-electron chi connectivity index (χ3n) is 6.38. The molecule has 0 radical (unpaired) electrons. The van der Waals surface area contributed by atoms with Crippen molar-refractivity contribution in [1.29, 1.82) is 0 Å². The monoisotopic (exact) mass is 445 g/mol. The molecule has 4 aliphatic rings. The first kappa shape index (κ1) is 22.2. The Morgan fingerprint density at radius 3 is 2.77 bits per heavy atom. The highest BCUT2D eigenvalue weighted by molar-refractivity contribution is 7.85. The van der Waals surface area contributed by atoms with Crippen LogP contribution in [0, 0.1) is 11.8 Å². The first-order valence-corrected chi connectivity index (χ1v) is 12.8. The van der Waals surface area contributed by atoms with E-state index in [2.05, 4.69) is 23.5 Å². The van der Waals surface area contributed by atoms with Crippen molar-refractivity contribution in [2.24, 2.45) is 11.8 Å². The minimum absolute atomic E-state index is 0.0992. The zero-order valence-electron chi connectivity index (χ0n) is 17.7. The predicted octanol–water partition coefficient (Wildman–Crippen LogP) is 3.50. The van der Waals surface area contributed by atoms with Crippen LogP contribution in [-0.4, -0.2) is 39.5 Å². The topological polar surface area (TPSA) is 81.7 Å². The number of piperidine rings is 1. The Morgan fingerprint density at radius 2 is 1.97 bits per heavy atom. The van der Waals surface area contributed by atoms with E-state index in [-0.39, 0.29) is 11.5 Å². The van der Waals surface area contributed by atoms with Gasteiger partial charge in [-0.2, -0.15) is 8.42 Å². The maximum Gasteiger partial charge on any atom is 0.272 e. The SMILES string of the molecule is C1=CCC2C(=C1)OC1CNCCC12.O=C1CCCCC1OS(=O)(=O)Cc1ccccc1. The minimum atomic E-state index is -3.69. The van der Waals surface area contributed by atoms with Gasteiger partial charge in [0.2, 0.25) is 0 Å². The largest absolute Gasteiger partial charge is 0.493 e. The molecule has 0 spiro atoms. The number of fused-ring (bicyclic) bond motifs is 3. The molecule has 168 valence electrons. The van der Waals surface area contributed by atoms with E-state index in [1.807, 2.05) is 6.07 Å². The van der Waals surface area contributed by atoms with E-state index in [1.54, 1.807) is 24.3 Å². The van der Waals surface area contributed by atoms with Gasteiger partial charge in [0.15, 0.2) is 5.78 Å². The molecule has 1 saturated carbocycles. The van der Waals surface area contributed by atoms with Crippen LogP contribution in [0.15, 0.2) is 54.3 Å². The summed E-state index contributed by atoms with van der Waals surface area (Å²) in [6.07, 6.45) is 11.3. The third-order valence-corrected chi connectivity index (χ3v) is 7.59. The summed E-state index contributed by atoms with van der Waals surface area (Å²) in [5.74, 6) is 2.42. The van der Waals surface area contributed by atoms with E-state index in [9.17, 15) is 13.2 Å². The van der Waals surface area contributed by atoms with Gasteiger partial charge in [0, 0.05) is 24.8 Å². The van der Waals surface area contributed by atoms with Crippen LogP contribution in [0.25, 0.3) is 0 Å². The Hall–Kier alpha value is -1.96. The zero-order chi connectivity index (χ0) is 21.7. The summed E-state index contributed by atoms with van der Waals surface area (Å²) < 4.78 is 34.6. The quantitative estimate of drug-likeness (QED) is 0.715. The van der Waals surface area contributed by atoms with Crippen LogP contribution >= 0.6 is 0 Å². The molecule has 2 aliphatic heterocycles. The van der Waals surface area contributed by atoms with Crippen molar-refractivity contribution in [2.75, 3.05) is 13.1 Å². The number of Topliss-reactive ketones (excluding diaryl/α,β-unsaturated/α-hetero) is 1. The zero-order valence-corrected chi connectivity index (χ0v) is 18.6. The van der Waals surface area contributed by atoms with Crippen molar-refractivity contribution in [3.8, 4) is 0 Å². The number of ketones is 1. The lowest BCUT2D eigenvalue weighted by molar-refractivity contribution is -0.127. The molecule has 1 aromatic carbocycles. The van der Waals surface area contributed by atoms with Gasteiger partial charge in [-0.25, -0.2) is 0 Å². The summed E-state index contributed by atoms with van der Waals surface area (Å²) >= 11 is 0. The van der Waals surface area contributed by atoms with E-state index >= 15 is 0 Å². The van der Waals surface area contributed by atoms with Crippen LogP contribution in [-0.2, 0) is 29.6 Å². The molecule has 2 saturated heterocycles. The maximum atomic E-state index is 11.8. The molecule has 1 N–H and O–H groups in total. The average molecular weight is 446 g/mol. The lowest BCUT2D eigenvalue weighted by Crippen LogP contribution is -2.39. The van der Waals surface area contributed by atoms with Crippen LogP contribution < -0.4 is 5.32 Å². The van der Waals surface area contributed by atoms with E-state index < -0.39 is 16.2 Å². The van der Waals surface area contributed by atoms with Crippen molar-refractivity contribution in [3.05, 3.63) is 59.9 Å². The Bertz CT molecular complexity index is 925. The van der Waals surface area contributed by atoms with Gasteiger partial charge in [0.1, 0.15) is 23.7 Å². The first-order valence-electron chi connectivity index (χ1n) is 11.2. The highest BCUT2D eigenvalue weighted by atomic mass is 32.2. The van der Waals surface area contributed by atoms with Gasteiger partial charge < -0.3 is 10.1 Å². The summed E-state index contributed by atoms with van der Waals surface area (Å²) in [5.41, 5.74) is 0.667. The normalized spacial score (nSPS) is 29.7. The van der Waals surface area contributed by atoms with Gasteiger partial charge in [-0.3, -0.25) is 8.98 Å². The molecule has 0 aromatic heterocycles. The van der Waals surface area contributed by atoms with E-state index in [0.717, 1.165) is 31.8 Å². The summed E-state index contributed by atoms with van der Waals surface area (Å²) in [7, 11) is -3.69. The number of rotatable bonds is 4. The van der Waals surface area contributed by atoms with Crippen LogP contribution in [0.1, 0.15) is 44.1 Å². The van der Waals surface area contributed by atoms with Gasteiger partial charge in [-0.15, -0.1) is 0 Å². The summed E-state index contributed by atoms with van der Waals surface area (Å²) in [6.45, 7) is 2.20. The molecule has 2 heterocycles. The van der Waals surface area contributed by atoms with Crippen LogP contribution in [0.4, 0.5) is 0 Å². The summed E-state index contributed by atoms with van der Waals surface area (Å²) in [6, 6.07) is 8.82. The lowest BCUT2D eigenvalue weighted by Gasteiger charge is -2.26. The van der Waals surface area contributed by atoms with Crippen molar-refractivity contribution in [1.82, 2.24) is 5.32 Å². The second kappa shape index (κ2) is 10.1. The van der Waals surface area contributed by atoms with Crippen LogP contribution in [0.3, 0.4) is 0 Å². The smallest absolute Gasteiger partial charge is 0.272 e. The molecular formula is C24H31NO5S. The molecule has 3 fully saturated rings. The van der Waals surface area contributed by atoms with E-state index in [4.69, 9.17) is 8.92 Å². The third kappa shape index (κ3) is 5.84. The van der Waals surface area contributed by atoms with Crippen molar-refractivity contribution >= 4 is 15.9 Å². The fraction of sp³-hybridized carbons (Fsp3) is 0.542. The number of nitrogens with one attached hydrogen (secondary N) is 1. The van der Waals surface area contributed by atoms with Gasteiger partial charge in [-0.1, -0.05) is 42.5 Å². The first-order chi connectivity index (χ1) is 15.0. The minimum Gasteiger partial charge on any atom is -0.493 e. The molecule has 0 bridgehead atoms. The van der Waals surface area contributed by atoms with Gasteiger partial charge >= 0.3 is 0 Å². The predicted molar refractivity (Wildman–Crippen MR) is 119 cm³/mol. The molecule has 7 heteroatoms. The van der Waals surface area contributed by atoms with E-state index in [0.29, 0.717) is 30.4 Å². The number of ether oxygens (including phenoxy) is 1. The molecule has 0 amide bonds. The fourth-order valence-electron chi connectivity index (χ4n) is 4.80. The number of carbonyl (C=O) groups excluding carboxylic acids is 1. The molecule has 4 atom stereocenters. The Kier molecular flexibility index (Phi) is 7.25. The number of carbonyl (C=O) groups is 1. The van der Waals surface area contributed by atoms with Crippen LogP contribution in [0.5, 0.6) is 0 Å². The van der Waals surface area contributed by atoms with Gasteiger partial charge in [0.25, 0.3) is 10.1 Å². The Labute approximate surface area is 184 Å². The molecule has 2 aliphatic carbocycles. The van der Waals surface area contributed by atoms with E-state index in [1.165, 1.54) is 18.6 Å². The average Bonchev–Trinajstić information content (AvgIpc) is 3.15. The molecule has 6 nitrogen and oxygen atoms in total. The summed E-state index contributed by atoms with van der Waals surface area (Å²) in [4.78, 5) is 11.5. The fourth-order valence-corrected chi connectivity index (χ4v) is 6.02. The Balaban J connectivity index is 0.000000156. The van der Waals surface area contributed by atoms with Gasteiger partial charge in [-0.05, 0) is 50.3 Å². The van der Waals surface area contributed by atoms with Crippen LogP contribution in [0.2, 0.25) is 0 Å². The second-order valence-corrected chi connectivity index (χ2v) is 10.2. The standard InChI is InChI=1S/C13H16O4S.C11H15NO/c14-12-8-4-5-9-13(12)17-18(15,16)10-11-6-2-1-3-7-11;1-2-4-10-8(3-1)9-5-6-12-7-11(9)13-10/h1-3,6-7,13H,4-5,8-10H2;1-2,4,8-9,11-12H,3,5-7H2. The van der Waals surface area contributed by atoms with Crippen molar-refractivity contribution in [3.63, 3.8) is 0 Å². The van der Waals surface area contributed by atoms with Crippen molar-refractivity contribution in [2.45, 2.75) is 56.5 Å². The maximum absolute atomic E-state index is 11.8. The molecule has 31 heavy (non-hydrogen) atoms. The number of hydrogen-bond acceptors (Lipinski definition) is 6. The molecule has 4 unspecified atom stereocenters. The highest BCUT2D eigenvalue weighted by Gasteiger charge is 2.42. The second-order valence-electron chi connectivity index (χ2n) is 8.64. The molecule has 1 aromatic rings. The molecule has 5 rings (SSSR count).